The Bertz CT molecular complexity index is 1180. The van der Waals surface area contributed by atoms with Crippen LogP contribution in [0.15, 0.2) is 42.0 Å². The molecular formula is C25H26O9. The molecule has 5 N–H and O–H groups in total. The number of benzene rings is 2. The van der Waals surface area contributed by atoms with Gasteiger partial charge in [0.2, 0.25) is 5.78 Å². The van der Waals surface area contributed by atoms with Crippen LogP contribution in [0.1, 0.15) is 52.4 Å². The smallest absolute Gasteiger partial charge is 0.331 e. The van der Waals surface area contributed by atoms with Gasteiger partial charge in [-0.2, -0.15) is 0 Å². The number of carbonyl (C=O) groups is 2. The highest BCUT2D eigenvalue weighted by Gasteiger charge is 2.52. The minimum atomic E-state index is -1.82. The van der Waals surface area contributed by atoms with E-state index in [9.17, 15) is 35.1 Å². The number of aliphatic hydroxyl groups excluding tert-OH is 3. The molecule has 1 aliphatic heterocycles. The van der Waals surface area contributed by atoms with Crippen molar-refractivity contribution in [3.8, 4) is 11.5 Å². The second-order valence-corrected chi connectivity index (χ2v) is 8.89. The van der Waals surface area contributed by atoms with Gasteiger partial charge in [-0.05, 0) is 49.6 Å². The van der Waals surface area contributed by atoms with Crippen LogP contribution in [0, 0.1) is 6.92 Å². The third kappa shape index (κ3) is 3.97. The lowest BCUT2D eigenvalue weighted by atomic mass is 9.71. The molecule has 1 aliphatic carbocycles. The third-order valence-electron chi connectivity index (χ3n) is 6.08. The summed E-state index contributed by atoms with van der Waals surface area (Å²) in [5.41, 5.74) is 1.71. The molecular weight excluding hydrogens is 444 g/mol. The maximum atomic E-state index is 13.2. The second-order valence-electron chi connectivity index (χ2n) is 8.89. The maximum Gasteiger partial charge on any atom is 0.331 e. The highest BCUT2D eigenvalue weighted by atomic mass is 16.6. The molecule has 1 heterocycles. The summed E-state index contributed by atoms with van der Waals surface area (Å²) in [7, 11) is 0. The molecule has 0 amide bonds. The molecule has 4 rings (SSSR count). The lowest BCUT2D eigenvalue weighted by Gasteiger charge is -2.44. The first-order valence-electron chi connectivity index (χ1n) is 10.8. The third-order valence-corrected chi connectivity index (χ3v) is 6.08. The van der Waals surface area contributed by atoms with Crippen molar-refractivity contribution in [2.45, 2.75) is 57.4 Å². The van der Waals surface area contributed by atoms with E-state index in [4.69, 9.17) is 9.47 Å². The van der Waals surface area contributed by atoms with Crippen LogP contribution in [0.4, 0.5) is 0 Å². The van der Waals surface area contributed by atoms with Crippen LogP contribution in [0.5, 0.6) is 11.5 Å². The Morgan fingerprint density at radius 3 is 2.35 bits per heavy atom. The second kappa shape index (κ2) is 8.84. The molecule has 0 radical (unpaired) electrons. The van der Waals surface area contributed by atoms with Crippen molar-refractivity contribution in [3.05, 3.63) is 69.8 Å². The summed E-state index contributed by atoms with van der Waals surface area (Å²) in [6, 6.07) is 7.45. The Labute approximate surface area is 195 Å². The van der Waals surface area contributed by atoms with E-state index in [2.05, 4.69) is 0 Å². The summed E-state index contributed by atoms with van der Waals surface area (Å²) in [6.07, 6.45) is -6.86. The highest BCUT2D eigenvalue weighted by Crippen LogP contribution is 2.47. The van der Waals surface area contributed by atoms with E-state index in [1.165, 1.54) is 24.3 Å². The fourth-order valence-corrected chi connectivity index (χ4v) is 4.69. The molecule has 180 valence electrons. The average molecular weight is 470 g/mol. The van der Waals surface area contributed by atoms with E-state index in [0.717, 1.165) is 0 Å². The van der Waals surface area contributed by atoms with Crippen molar-refractivity contribution in [2.75, 3.05) is 0 Å². The van der Waals surface area contributed by atoms with Gasteiger partial charge >= 0.3 is 5.97 Å². The standard InChI is InChI=1S/C25H26O9/c1-10(2)7-16(28)33-24-21(30)23(34-25(32)22(24)31)17-12-5-4-6-14(26)18(12)20(29)19-13(17)8-11(3)9-15(19)27/h4-9,17,21-27,30-32H,1-3H3/t17-,21-,22+,23-,24+,25-/m0/s1. The van der Waals surface area contributed by atoms with Crippen LogP contribution in [0.25, 0.3) is 0 Å². The van der Waals surface area contributed by atoms with Crippen molar-refractivity contribution in [1.82, 2.24) is 0 Å². The van der Waals surface area contributed by atoms with Crippen molar-refractivity contribution >= 4 is 11.8 Å². The molecule has 0 unspecified atom stereocenters. The molecule has 2 aliphatic rings. The van der Waals surface area contributed by atoms with Gasteiger partial charge in [0.05, 0.1) is 11.1 Å². The van der Waals surface area contributed by atoms with Gasteiger partial charge in [0.1, 0.15) is 29.8 Å². The lowest BCUT2D eigenvalue weighted by Crippen LogP contribution is -2.60. The number of phenols is 2. The Balaban J connectivity index is 1.86. The predicted octanol–water partition coefficient (Wildman–Crippen LogP) is 1.40. The van der Waals surface area contributed by atoms with Gasteiger partial charge < -0.3 is 35.0 Å². The molecule has 2 aromatic carbocycles. The number of aryl methyl sites for hydroxylation is 1. The van der Waals surface area contributed by atoms with Crippen LogP contribution in [-0.2, 0) is 14.3 Å². The van der Waals surface area contributed by atoms with E-state index in [1.54, 1.807) is 32.9 Å². The Morgan fingerprint density at radius 2 is 1.68 bits per heavy atom. The maximum absolute atomic E-state index is 13.2. The number of rotatable bonds is 3. The SMILES string of the molecule is CC(C)=CC(=O)O[C@@H]1[C@@H](O)[C@H]([C@H]2c3cccc(O)c3C(=O)c3c(O)cc(C)cc32)O[C@H](O)[C@@H]1O. The van der Waals surface area contributed by atoms with Gasteiger partial charge in [-0.15, -0.1) is 0 Å². The van der Waals surface area contributed by atoms with Gasteiger partial charge in [0.25, 0.3) is 0 Å². The van der Waals surface area contributed by atoms with E-state index >= 15 is 0 Å². The summed E-state index contributed by atoms with van der Waals surface area (Å²) in [5, 5.41) is 53.0. The fourth-order valence-electron chi connectivity index (χ4n) is 4.69. The summed E-state index contributed by atoms with van der Waals surface area (Å²) < 4.78 is 10.9. The van der Waals surface area contributed by atoms with Crippen LogP contribution < -0.4 is 0 Å². The van der Waals surface area contributed by atoms with Gasteiger partial charge in [-0.3, -0.25) is 4.79 Å². The van der Waals surface area contributed by atoms with Crippen LogP contribution in [0.2, 0.25) is 0 Å². The minimum Gasteiger partial charge on any atom is -0.507 e. The van der Waals surface area contributed by atoms with Crippen LogP contribution >= 0.6 is 0 Å². The molecule has 0 spiro atoms. The number of aromatic hydroxyl groups is 2. The topological polar surface area (TPSA) is 154 Å². The van der Waals surface area contributed by atoms with Gasteiger partial charge in [-0.1, -0.05) is 23.8 Å². The number of ether oxygens (including phenoxy) is 2. The molecule has 9 heteroatoms. The zero-order valence-electron chi connectivity index (χ0n) is 18.8. The van der Waals surface area contributed by atoms with Crippen LogP contribution in [0.3, 0.4) is 0 Å². The summed E-state index contributed by atoms with van der Waals surface area (Å²) >= 11 is 0. The lowest BCUT2D eigenvalue weighted by molar-refractivity contribution is -0.286. The summed E-state index contributed by atoms with van der Waals surface area (Å²) in [5.74, 6) is -3.01. The number of hydrogen-bond acceptors (Lipinski definition) is 9. The van der Waals surface area contributed by atoms with E-state index in [-0.39, 0.29) is 22.6 Å². The first-order valence-corrected chi connectivity index (χ1v) is 10.8. The number of ketones is 1. The zero-order chi connectivity index (χ0) is 24.9. The zero-order valence-corrected chi connectivity index (χ0v) is 18.8. The number of phenolic OH excluding ortho intramolecular Hbond substituents is 2. The summed E-state index contributed by atoms with van der Waals surface area (Å²) in [6.45, 7) is 5.05. The first-order chi connectivity index (χ1) is 16.0. The Morgan fingerprint density at radius 1 is 1.00 bits per heavy atom. The molecule has 9 nitrogen and oxygen atoms in total. The van der Waals surface area contributed by atoms with Crippen molar-refractivity contribution < 1.29 is 44.6 Å². The molecule has 1 saturated heterocycles. The normalized spacial score (nSPS) is 28.0. The van der Waals surface area contributed by atoms with Crippen molar-refractivity contribution in [2.24, 2.45) is 0 Å². The number of esters is 1. The molecule has 0 saturated carbocycles. The van der Waals surface area contributed by atoms with E-state index < -0.39 is 48.4 Å². The quantitative estimate of drug-likeness (QED) is 0.331. The number of aliphatic hydroxyl groups is 3. The van der Waals surface area contributed by atoms with Gasteiger partial charge in [0, 0.05) is 12.0 Å². The highest BCUT2D eigenvalue weighted by molar-refractivity contribution is 6.16. The van der Waals surface area contributed by atoms with Crippen molar-refractivity contribution in [1.29, 1.82) is 0 Å². The van der Waals surface area contributed by atoms with E-state index in [1.807, 2.05) is 0 Å². The molecule has 34 heavy (non-hydrogen) atoms. The Hall–Kier alpha value is -3.24. The van der Waals surface area contributed by atoms with Gasteiger partial charge in [-0.25, -0.2) is 4.79 Å². The predicted molar refractivity (Wildman–Crippen MR) is 118 cm³/mol. The average Bonchev–Trinajstić information content (AvgIpc) is 2.73. The number of hydrogen-bond donors (Lipinski definition) is 5. The molecule has 6 atom stereocenters. The fraction of sp³-hybridized carbons (Fsp3) is 0.360. The van der Waals surface area contributed by atoms with Gasteiger partial charge in [0.15, 0.2) is 12.4 Å². The van der Waals surface area contributed by atoms with Crippen LogP contribution in [-0.4, -0.2) is 68.0 Å². The molecule has 2 aromatic rings. The monoisotopic (exact) mass is 470 g/mol. The summed E-state index contributed by atoms with van der Waals surface area (Å²) in [4.78, 5) is 25.4. The van der Waals surface area contributed by atoms with Crippen molar-refractivity contribution in [3.63, 3.8) is 0 Å². The largest absolute Gasteiger partial charge is 0.507 e. The number of carbonyl (C=O) groups excluding carboxylic acids is 2. The number of allylic oxidation sites excluding steroid dienone is 1. The minimum absolute atomic E-state index is 0.0703. The first kappa shape index (κ1) is 23.9. The molecule has 0 bridgehead atoms. The number of fused-ring (bicyclic) bond motifs is 2. The Kier molecular flexibility index (Phi) is 6.22. The molecule has 1 fully saturated rings. The molecule has 0 aromatic heterocycles. The van der Waals surface area contributed by atoms with E-state index in [0.29, 0.717) is 22.3 Å².